The minimum Gasteiger partial charge on any atom is -0.346 e. The maximum absolute atomic E-state index is 13.0. The average Bonchev–Trinajstić information content (AvgIpc) is 2.78. The molecule has 2 amide bonds. The Labute approximate surface area is 204 Å². The van der Waals surface area contributed by atoms with Gasteiger partial charge >= 0.3 is 0 Å². The number of para-hydroxylation sites is 1. The number of carbonyl (C=O) groups excluding carboxylic acids is 2. The highest BCUT2D eigenvalue weighted by Gasteiger charge is 2.15. The molecule has 8 heteroatoms. The molecule has 180 valence electrons. The fourth-order valence-corrected chi connectivity index (χ4v) is 4.62. The Morgan fingerprint density at radius 2 is 1.74 bits per heavy atom. The van der Waals surface area contributed by atoms with E-state index in [0.29, 0.717) is 28.5 Å². The Hall–Kier alpha value is -3.13. The van der Waals surface area contributed by atoms with Gasteiger partial charge in [0.2, 0.25) is 11.8 Å². The largest absolute Gasteiger partial charge is 0.346 e. The number of anilines is 1. The molecule has 0 atom stereocenters. The molecule has 2 aromatic carbocycles. The summed E-state index contributed by atoms with van der Waals surface area (Å²) in [4.78, 5) is 42.5. The van der Waals surface area contributed by atoms with Crippen LogP contribution in [0.3, 0.4) is 0 Å². The van der Waals surface area contributed by atoms with Crippen LogP contribution in [0, 0.1) is 26.7 Å². The molecule has 0 saturated carbocycles. The summed E-state index contributed by atoms with van der Waals surface area (Å²) in [5.74, 6) is -0.0947. The molecule has 0 aliphatic heterocycles. The van der Waals surface area contributed by atoms with Crippen LogP contribution in [0.5, 0.6) is 0 Å². The fourth-order valence-electron chi connectivity index (χ4n) is 3.76. The Morgan fingerprint density at radius 3 is 2.41 bits per heavy atom. The number of aromatic nitrogens is 2. The number of rotatable bonds is 9. The molecular weight excluding hydrogens is 448 g/mol. The van der Waals surface area contributed by atoms with E-state index in [0.717, 1.165) is 28.8 Å². The van der Waals surface area contributed by atoms with Crippen LogP contribution in [-0.2, 0) is 16.1 Å². The first-order valence-electron chi connectivity index (χ1n) is 11.4. The maximum atomic E-state index is 13.0. The number of amides is 2. The highest BCUT2D eigenvalue weighted by molar-refractivity contribution is 7.99. The van der Waals surface area contributed by atoms with E-state index in [4.69, 9.17) is 0 Å². The Kier molecular flexibility index (Phi) is 8.50. The van der Waals surface area contributed by atoms with Crippen LogP contribution in [0.1, 0.15) is 37.0 Å². The number of nitrogens with one attached hydrogen (secondary N) is 2. The van der Waals surface area contributed by atoms with Gasteiger partial charge in [-0.15, -0.1) is 0 Å². The van der Waals surface area contributed by atoms with Gasteiger partial charge in [0.25, 0.3) is 5.56 Å². The van der Waals surface area contributed by atoms with Gasteiger partial charge in [0.1, 0.15) is 0 Å². The second kappa shape index (κ2) is 11.3. The smallest absolute Gasteiger partial charge is 0.262 e. The quantitative estimate of drug-likeness (QED) is 0.353. The molecule has 0 saturated heterocycles. The van der Waals surface area contributed by atoms with Gasteiger partial charge in [0.05, 0.1) is 23.2 Å². The number of fused-ring (bicyclic) bond motifs is 1. The zero-order valence-corrected chi connectivity index (χ0v) is 21.2. The summed E-state index contributed by atoms with van der Waals surface area (Å²) in [5, 5.41) is 6.62. The molecule has 3 rings (SSSR count). The maximum Gasteiger partial charge on any atom is 0.262 e. The van der Waals surface area contributed by atoms with Crippen LogP contribution in [0.15, 0.2) is 46.3 Å². The number of hydrogen-bond donors (Lipinski definition) is 2. The molecule has 0 fully saturated rings. The van der Waals surface area contributed by atoms with Crippen molar-refractivity contribution in [3.8, 4) is 0 Å². The lowest BCUT2D eigenvalue weighted by molar-refractivity contribution is -0.122. The first kappa shape index (κ1) is 25.5. The summed E-state index contributed by atoms with van der Waals surface area (Å²) in [5.41, 5.74) is 4.38. The summed E-state index contributed by atoms with van der Waals surface area (Å²) in [7, 11) is 0. The molecule has 2 N–H and O–H groups in total. The van der Waals surface area contributed by atoms with Gasteiger partial charge in [-0.05, 0) is 56.4 Å². The molecule has 3 aromatic rings. The molecule has 34 heavy (non-hydrogen) atoms. The third kappa shape index (κ3) is 6.47. The monoisotopic (exact) mass is 480 g/mol. The van der Waals surface area contributed by atoms with Crippen molar-refractivity contribution >= 4 is 40.2 Å². The zero-order valence-electron chi connectivity index (χ0n) is 20.4. The molecule has 0 bridgehead atoms. The second-order valence-corrected chi connectivity index (χ2v) is 9.88. The van der Waals surface area contributed by atoms with Crippen LogP contribution in [-0.4, -0.2) is 33.7 Å². The zero-order chi connectivity index (χ0) is 24.8. The summed E-state index contributed by atoms with van der Waals surface area (Å²) in [6, 6.07) is 11.2. The van der Waals surface area contributed by atoms with Crippen LogP contribution in [0.2, 0.25) is 0 Å². The second-order valence-electron chi connectivity index (χ2n) is 8.94. The molecule has 1 aromatic heterocycles. The summed E-state index contributed by atoms with van der Waals surface area (Å²) < 4.78 is 1.65. The third-order valence-electron chi connectivity index (χ3n) is 5.48. The normalized spacial score (nSPS) is 11.1. The van der Waals surface area contributed by atoms with Crippen molar-refractivity contribution in [2.24, 2.45) is 5.92 Å². The molecule has 7 nitrogen and oxygen atoms in total. The molecule has 0 spiro atoms. The van der Waals surface area contributed by atoms with E-state index in [1.54, 1.807) is 16.7 Å². The molecular formula is C26H32N4O3S. The summed E-state index contributed by atoms with van der Waals surface area (Å²) >= 11 is 1.21. The minimum atomic E-state index is -0.296. The number of hydrogen-bond acceptors (Lipinski definition) is 5. The van der Waals surface area contributed by atoms with E-state index in [1.807, 2.05) is 45.0 Å². The van der Waals surface area contributed by atoms with Crippen LogP contribution in [0.25, 0.3) is 10.9 Å². The van der Waals surface area contributed by atoms with E-state index in [-0.39, 0.29) is 29.7 Å². The van der Waals surface area contributed by atoms with Crippen molar-refractivity contribution in [3.63, 3.8) is 0 Å². The summed E-state index contributed by atoms with van der Waals surface area (Å²) in [6.45, 7) is 10.5. The molecule has 0 radical (unpaired) electrons. The average molecular weight is 481 g/mol. The molecule has 1 heterocycles. The van der Waals surface area contributed by atoms with Crippen molar-refractivity contribution in [1.29, 1.82) is 0 Å². The lowest BCUT2D eigenvalue weighted by atomic mass is 10.1. The highest BCUT2D eigenvalue weighted by Crippen LogP contribution is 2.22. The van der Waals surface area contributed by atoms with Gasteiger partial charge in [-0.25, -0.2) is 4.98 Å². The Morgan fingerprint density at radius 1 is 1.06 bits per heavy atom. The summed E-state index contributed by atoms with van der Waals surface area (Å²) in [6.07, 6.45) is 0.831. The van der Waals surface area contributed by atoms with Crippen molar-refractivity contribution < 1.29 is 9.59 Å². The van der Waals surface area contributed by atoms with Crippen molar-refractivity contribution in [2.45, 2.75) is 52.7 Å². The van der Waals surface area contributed by atoms with Crippen LogP contribution >= 0.6 is 11.8 Å². The minimum absolute atomic E-state index is 0.0579. The number of nitrogens with zero attached hydrogens (tertiary/aromatic N) is 2. The van der Waals surface area contributed by atoms with Crippen molar-refractivity contribution in [1.82, 2.24) is 14.9 Å². The molecule has 0 aliphatic carbocycles. The first-order valence-corrected chi connectivity index (χ1v) is 12.4. The Balaban J connectivity index is 1.64. The van der Waals surface area contributed by atoms with Gasteiger partial charge in [0, 0.05) is 12.2 Å². The number of benzene rings is 2. The third-order valence-corrected chi connectivity index (χ3v) is 6.45. The number of thioether (sulfide) groups is 1. The van der Waals surface area contributed by atoms with Gasteiger partial charge < -0.3 is 10.6 Å². The predicted molar refractivity (Wildman–Crippen MR) is 138 cm³/mol. The predicted octanol–water partition coefficient (Wildman–Crippen LogP) is 4.21. The van der Waals surface area contributed by atoms with E-state index >= 15 is 0 Å². The fraction of sp³-hybridized carbons (Fsp3) is 0.385. The topological polar surface area (TPSA) is 93.1 Å². The van der Waals surface area contributed by atoms with E-state index in [9.17, 15) is 14.4 Å². The molecule has 0 unspecified atom stereocenters. The van der Waals surface area contributed by atoms with Gasteiger partial charge in [-0.3, -0.25) is 19.0 Å². The van der Waals surface area contributed by atoms with Crippen LogP contribution < -0.4 is 16.2 Å². The SMILES string of the molecule is Cc1cc(C)c(NC(=O)CNC(=O)CSc2nc3ccccc3c(=O)n2CCC(C)C)c(C)c1. The van der Waals surface area contributed by atoms with E-state index in [2.05, 4.69) is 29.5 Å². The number of carbonyl (C=O) groups is 2. The van der Waals surface area contributed by atoms with Gasteiger partial charge in [-0.2, -0.15) is 0 Å². The van der Waals surface area contributed by atoms with Gasteiger partial charge in [0.15, 0.2) is 5.16 Å². The van der Waals surface area contributed by atoms with Gasteiger partial charge in [-0.1, -0.05) is 55.4 Å². The lowest BCUT2D eigenvalue weighted by Gasteiger charge is -2.14. The first-order chi connectivity index (χ1) is 16.2. The van der Waals surface area contributed by atoms with Crippen molar-refractivity contribution in [2.75, 3.05) is 17.6 Å². The lowest BCUT2D eigenvalue weighted by Crippen LogP contribution is -2.34. The Bertz CT molecular complexity index is 1240. The number of aryl methyl sites for hydroxylation is 3. The standard InChI is InChI=1S/C26H32N4O3S/c1-16(2)10-11-30-25(33)20-8-6-7-9-21(20)28-26(30)34-15-23(32)27-14-22(31)29-24-18(4)12-17(3)13-19(24)5/h6-9,12-13,16H,10-11,14-15H2,1-5H3,(H,27,32)(H,29,31). The highest BCUT2D eigenvalue weighted by atomic mass is 32.2. The van der Waals surface area contributed by atoms with E-state index < -0.39 is 0 Å². The van der Waals surface area contributed by atoms with Crippen LogP contribution in [0.4, 0.5) is 5.69 Å². The molecule has 0 aliphatic rings. The van der Waals surface area contributed by atoms with Crippen molar-refractivity contribution in [3.05, 3.63) is 63.4 Å². The van der Waals surface area contributed by atoms with E-state index in [1.165, 1.54) is 11.8 Å².